The summed E-state index contributed by atoms with van der Waals surface area (Å²) in [6.45, 7) is 12.1. The SMILES string of the molecule is CC1(C)CCCCC1CNC(=O)C(=O)NCC1CNCCC1(C)C. The Morgan fingerprint density at radius 3 is 2.08 bits per heavy atom. The van der Waals surface area contributed by atoms with E-state index in [1.807, 2.05) is 0 Å². The molecule has 0 aromatic rings. The maximum Gasteiger partial charge on any atom is 0.309 e. The highest BCUT2D eigenvalue weighted by Crippen LogP contribution is 2.40. The Kier molecular flexibility index (Phi) is 6.29. The van der Waals surface area contributed by atoms with Gasteiger partial charge in [-0.05, 0) is 48.5 Å². The zero-order chi connectivity index (χ0) is 17.8. The van der Waals surface area contributed by atoms with E-state index in [9.17, 15) is 9.59 Å². The van der Waals surface area contributed by atoms with E-state index in [1.54, 1.807) is 0 Å². The van der Waals surface area contributed by atoms with Crippen LogP contribution in [0.1, 0.15) is 59.8 Å². The summed E-state index contributed by atoms with van der Waals surface area (Å²) in [6.07, 6.45) is 5.92. The van der Waals surface area contributed by atoms with E-state index in [0.29, 0.717) is 24.9 Å². The number of carbonyl (C=O) groups is 2. The van der Waals surface area contributed by atoms with Crippen LogP contribution in [-0.4, -0.2) is 38.0 Å². The van der Waals surface area contributed by atoms with Crippen LogP contribution in [0.25, 0.3) is 0 Å². The van der Waals surface area contributed by atoms with E-state index in [2.05, 4.69) is 43.6 Å². The zero-order valence-electron chi connectivity index (χ0n) is 15.8. The lowest BCUT2D eigenvalue weighted by molar-refractivity contribution is -0.139. The van der Waals surface area contributed by atoms with Gasteiger partial charge in [0, 0.05) is 19.6 Å². The van der Waals surface area contributed by atoms with Crippen LogP contribution in [0.15, 0.2) is 0 Å². The molecule has 1 aliphatic heterocycles. The van der Waals surface area contributed by atoms with Crippen molar-refractivity contribution in [3.05, 3.63) is 0 Å². The van der Waals surface area contributed by atoms with Crippen molar-refractivity contribution in [3.63, 3.8) is 0 Å². The summed E-state index contributed by atoms with van der Waals surface area (Å²) in [4.78, 5) is 24.2. The van der Waals surface area contributed by atoms with E-state index in [-0.39, 0.29) is 10.8 Å². The fraction of sp³-hybridized carbons (Fsp3) is 0.895. The quantitative estimate of drug-likeness (QED) is 0.688. The van der Waals surface area contributed by atoms with Crippen molar-refractivity contribution in [3.8, 4) is 0 Å². The number of hydrogen-bond acceptors (Lipinski definition) is 3. The summed E-state index contributed by atoms with van der Waals surface area (Å²) in [7, 11) is 0. The Balaban J connectivity index is 1.75. The lowest BCUT2D eigenvalue weighted by Crippen LogP contribution is -2.50. The maximum absolute atomic E-state index is 12.1. The van der Waals surface area contributed by atoms with Gasteiger partial charge in [0.15, 0.2) is 0 Å². The van der Waals surface area contributed by atoms with Crippen molar-refractivity contribution in [2.45, 2.75) is 59.8 Å². The molecular formula is C19H35N3O2. The normalized spacial score (nSPS) is 28.8. The van der Waals surface area contributed by atoms with Gasteiger partial charge in [0.25, 0.3) is 0 Å². The molecule has 5 heteroatoms. The molecule has 1 heterocycles. The predicted molar refractivity (Wildman–Crippen MR) is 96.5 cm³/mol. The molecule has 0 aromatic carbocycles. The van der Waals surface area contributed by atoms with E-state index < -0.39 is 11.8 Å². The summed E-state index contributed by atoms with van der Waals surface area (Å²) in [5.41, 5.74) is 0.445. The second kappa shape index (κ2) is 7.85. The standard InChI is InChI=1S/C19H35N3O2/c1-18(2)8-6-5-7-14(18)12-21-16(23)17(24)22-13-15-11-20-10-9-19(15,3)4/h14-15,20H,5-13H2,1-4H3,(H,21,23)(H,22,24). The molecule has 0 spiro atoms. The second-order valence-electron chi connectivity index (χ2n) is 8.99. The van der Waals surface area contributed by atoms with Crippen LogP contribution in [0.2, 0.25) is 0 Å². The number of rotatable bonds is 4. The van der Waals surface area contributed by atoms with Gasteiger partial charge >= 0.3 is 11.8 Å². The van der Waals surface area contributed by atoms with Crippen molar-refractivity contribution < 1.29 is 9.59 Å². The van der Waals surface area contributed by atoms with Crippen LogP contribution in [0.5, 0.6) is 0 Å². The fourth-order valence-electron chi connectivity index (χ4n) is 4.05. The van der Waals surface area contributed by atoms with Crippen LogP contribution < -0.4 is 16.0 Å². The highest BCUT2D eigenvalue weighted by Gasteiger charge is 2.34. The molecule has 2 aliphatic rings. The first-order chi connectivity index (χ1) is 11.2. The van der Waals surface area contributed by atoms with E-state index in [4.69, 9.17) is 0 Å². The smallest absolute Gasteiger partial charge is 0.309 e. The maximum atomic E-state index is 12.1. The highest BCUT2D eigenvalue weighted by atomic mass is 16.2. The molecule has 1 saturated carbocycles. The van der Waals surface area contributed by atoms with Gasteiger partial charge in [-0.1, -0.05) is 40.5 Å². The average molecular weight is 338 g/mol. The van der Waals surface area contributed by atoms with Gasteiger partial charge in [-0.2, -0.15) is 0 Å². The molecule has 1 saturated heterocycles. The molecule has 138 valence electrons. The molecule has 0 bridgehead atoms. The number of amides is 2. The van der Waals surface area contributed by atoms with Gasteiger partial charge in [-0.25, -0.2) is 0 Å². The second-order valence-corrected chi connectivity index (χ2v) is 8.99. The molecule has 2 unspecified atom stereocenters. The molecular weight excluding hydrogens is 302 g/mol. The average Bonchev–Trinajstić information content (AvgIpc) is 2.51. The van der Waals surface area contributed by atoms with Crippen LogP contribution in [0.3, 0.4) is 0 Å². The van der Waals surface area contributed by atoms with Gasteiger partial charge in [-0.3, -0.25) is 9.59 Å². The number of carbonyl (C=O) groups excluding carboxylic acids is 2. The number of nitrogens with one attached hydrogen (secondary N) is 3. The minimum Gasteiger partial charge on any atom is -0.348 e. The Morgan fingerprint density at radius 1 is 0.917 bits per heavy atom. The first kappa shape index (κ1) is 19.2. The molecule has 2 amide bonds. The van der Waals surface area contributed by atoms with Crippen LogP contribution in [0.4, 0.5) is 0 Å². The molecule has 2 atom stereocenters. The summed E-state index contributed by atoms with van der Waals surface area (Å²) in [5, 5.41) is 9.04. The van der Waals surface area contributed by atoms with Gasteiger partial charge in [0.05, 0.1) is 0 Å². The van der Waals surface area contributed by atoms with Crippen molar-refractivity contribution in [2.24, 2.45) is 22.7 Å². The number of piperidine rings is 1. The van der Waals surface area contributed by atoms with Gasteiger partial charge in [0.1, 0.15) is 0 Å². The van der Waals surface area contributed by atoms with Gasteiger partial charge < -0.3 is 16.0 Å². The van der Waals surface area contributed by atoms with E-state index >= 15 is 0 Å². The Labute approximate surface area is 146 Å². The Hall–Kier alpha value is -1.10. The van der Waals surface area contributed by atoms with Crippen molar-refractivity contribution in [2.75, 3.05) is 26.2 Å². The van der Waals surface area contributed by atoms with Crippen LogP contribution >= 0.6 is 0 Å². The molecule has 0 aromatic heterocycles. The highest BCUT2D eigenvalue weighted by molar-refractivity contribution is 6.35. The van der Waals surface area contributed by atoms with Gasteiger partial charge in [-0.15, -0.1) is 0 Å². The summed E-state index contributed by atoms with van der Waals surface area (Å²) in [5.74, 6) is -0.160. The molecule has 2 fully saturated rings. The first-order valence-electron chi connectivity index (χ1n) is 9.49. The van der Waals surface area contributed by atoms with Crippen LogP contribution in [0, 0.1) is 22.7 Å². The minimum atomic E-state index is -0.495. The Bertz CT molecular complexity index is 418. The summed E-state index contributed by atoms with van der Waals surface area (Å²) in [6, 6.07) is 0. The monoisotopic (exact) mass is 337 g/mol. The van der Waals surface area contributed by atoms with E-state index in [0.717, 1.165) is 25.9 Å². The minimum absolute atomic E-state index is 0.196. The molecule has 3 N–H and O–H groups in total. The van der Waals surface area contributed by atoms with Crippen molar-refractivity contribution >= 4 is 11.8 Å². The molecule has 1 aliphatic carbocycles. The molecule has 24 heavy (non-hydrogen) atoms. The fourth-order valence-corrected chi connectivity index (χ4v) is 4.05. The molecule has 5 nitrogen and oxygen atoms in total. The third-order valence-corrected chi connectivity index (χ3v) is 6.40. The van der Waals surface area contributed by atoms with Crippen LogP contribution in [-0.2, 0) is 9.59 Å². The summed E-state index contributed by atoms with van der Waals surface area (Å²) < 4.78 is 0. The summed E-state index contributed by atoms with van der Waals surface area (Å²) >= 11 is 0. The zero-order valence-corrected chi connectivity index (χ0v) is 15.8. The lowest BCUT2D eigenvalue weighted by Gasteiger charge is -2.39. The third-order valence-electron chi connectivity index (χ3n) is 6.40. The number of hydrogen-bond donors (Lipinski definition) is 3. The first-order valence-corrected chi connectivity index (χ1v) is 9.49. The van der Waals surface area contributed by atoms with Gasteiger partial charge in [0.2, 0.25) is 0 Å². The van der Waals surface area contributed by atoms with E-state index in [1.165, 1.54) is 19.3 Å². The molecule has 0 radical (unpaired) electrons. The lowest BCUT2D eigenvalue weighted by atomic mass is 9.69. The third kappa shape index (κ3) is 4.95. The topological polar surface area (TPSA) is 70.2 Å². The predicted octanol–water partition coefficient (Wildman–Crippen LogP) is 2.07. The van der Waals surface area contributed by atoms with Crippen molar-refractivity contribution in [1.29, 1.82) is 0 Å². The Morgan fingerprint density at radius 2 is 1.50 bits per heavy atom. The molecule has 2 rings (SSSR count). The van der Waals surface area contributed by atoms with Crippen molar-refractivity contribution in [1.82, 2.24) is 16.0 Å². The largest absolute Gasteiger partial charge is 0.348 e.